The Morgan fingerprint density at radius 3 is 2.24 bits per heavy atom. The van der Waals surface area contributed by atoms with E-state index in [1.165, 1.54) is 0 Å². The summed E-state index contributed by atoms with van der Waals surface area (Å²) in [6, 6.07) is 12.9. The maximum absolute atomic E-state index is 13.3. The van der Waals surface area contributed by atoms with Crippen molar-refractivity contribution in [2.45, 2.75) is 53.0 Å². The number of phenolic OH excluding ortho intramolecular Hbond substituents is 1. The summed E-state index contributed by atoms with van der Waals surface area (Å²) < 4.78 is 6.16. The van der Waals surface area contributed by atoms with Gasteiger partial charge in [-0.2, -0.15) is 0 Å². The van der Waals surface area contributed by atoms with Crippen LogP contribution in [0.1, 0.15) is 50.9 Å². The van der Waals surface area contributed by atoms with Crippen molar-refractivity contribution in [1.82, 2.24) is 4.90 Å². The number of fused-ring (bicyclic) bond motifs is 1. The lowest BCUT2D eigenvalue weighted by molar-refractivity contribution is 0.253. The number of aryl methyl sites for hydroxylation is 1. The van der Waals surface area contributed by atoms with Gasteiger partial charge in [-0.25, -0.2) is 0 Å². The zero-order valence-corrected chi connectivity index (χ0v) is 17.7. The first kappa shape index (κ1) is 21.1. The lowest BCUT2D eigenvalue weighted by Gasteiger charge is -2.23. The molecule has 4 heteroatoms. The van der Waals surface area contributed by atoms with Gasteiger partial charge in [0.15, 0.2) is 0 Å². The summed E-state index contributed by atoms with van der Waals surface area (Å²) in [5.74, 6) is 0.764. The summed E-state index contributed by atoms with van der Waals surface area (Å²) in [5.41, 5.74) is 2.59. The smallest absolute Gasteiger partial charge is 0.200 e. The molecule has 2 aromatic carbocycles. The number of hydrogen-bond donors (Lipinski definition) is 1. The van der Waals surface area contributed by atoms with Crippen molar-refractivity contribution in [2.75, 3.05) is 13.1 Å². The fourth-order valence-electron chi connectivity index (χ4n) is 3.76. The second kappa shape index (κ2) is 9.75. The minimum absolute atomic E-state index is 0.0510. The molecule has 0 bridgehead atoms. The maximum Gasteiger partial charge on any atom is 0.200 e. The number of nitrogens with zero attached hydrogens (tertiary/aromatic N) is 1. The molecule has 0 saturated heterocycles. The second-order valence-electron chi connectivity index (χ2n) is 7.65. The van der Waals surface area contributed by atoms with Gasteiger partial charge in [0.2, 0.25) is 5.43 Å². The summed E-state index contributed by atoms with van der Waals surface area (Å²) in [5, 5.41) is 11.1. The van der Waals surface area contributed by atoms with E-state index in [0.717, 1.165) is 44.3 Å². The fraction of sp³-hybridized carbons (Fsp3) is 0.400. The van der Waals surface area contributed by atoms with Crippen LogP contribution in [-0.4, -0.2) is 23.1 Å². The van der Waals surface area contributed by atoms with Gasteiger partial charge in [-0.15, -0.1) is 0 Å². The molecule has 0 aliphatic carbocycles. The van der Waals surface area contributed by atoms with Gasteiger partial charge in [-0.05, 0) is 50.6 Å². The van der Waals surface area contributed by atoms with E-state index >= 15 is 0 Å². The van der Waals surface area contributed by atoms with Crippen molar-refractivity contribution in [3.8, 4) is 16.9 Å². The summed E-state index contributed by atoms with van der Waals surface area (Å²) in [4.78, 5) is 15.6. The van der Waals surface area contributed by atoms with Crippen LogP contribution in [0.25, 0.3) is 22.1 Å². The monoisotopic (exact) mass is 393 g/mol. The van der Waals surface area contributed by atoms with Crippen LogP contribution >= 0.6 is 0 Å². The van der Waals surface area contributed by atoms with Crippen molar-refractivity contribution in [2.24, 2.45) is 0 Å². The van der Waals surface area contributed by atoms with Crippen LogP contribution in [0.15, 0.2) is 51.7 Å². The van der Waals surface area contributed by atoms with Gasteiger partial charge < -0.3 is 9.52 Å². The molecular weight excluding hydrogens is 362 g/mol. The molecule has 1 heterocycles. The van der Waals surface area contributed by atoms with Gasteiger partial charge in [0.25, 0.3) is 0 Å². The highest BCUT2D eigenvalue weighted by atomic mass is 16.3. The third-order valence-corrected chi connectivity index (χ3v) is 5.41. The minimum atomic E-state index is -0.0510. The maximum atomic E-state index is 13.3. The van der Waals surface area contributed by atoms with Gasteiger partial charge in [-0.1, -0.05) is 57.0 Å². The SMILES string of the molecule is CCCCN(CCCC)Cc1c(O)ccc2c(=O)c(-c3ccccc3)c(C)oc12. The summed E-state index contributed by atoms with van der Waals surface area (Å²) in [6.07, 6.45) is 4.46. The molecule has 4 nitrogen and oxygen atoms in total. The Morgan fingerprint density at radius 2 is 1.62 bits per heavy atom. The second-order valence-corrected chi connectivity index (χ2v) is 7.65. The summed E-state index contributed by atoms with van der Waals surface area (Å²) >= 11 is 0. The number of rotatable bonds is 9. The molecule has 29 heavy (non-hydrogen) atoms. The zero-order valence-electron chi connectivity index (χ0n) is 17.7. The molecule has 3 rings (SSSR count). The Labute approximate surface area is 172 Å². The van der Waals surface area contributed by atoms with Crippen LogP contribution in [0, 0.1) is 6.92 Å². The topological polar surface area (TPSA) is 53.7 Å². The summed E-state index contributed by atoms with van der Waals surface area (Å²) in [7, 11) is 0. The molecule has 0 fully saturated rings. The number of unbranched alkanes of at least 4 members (excludes halogenated alkanes) is 2. The highest BCUT2D eigenvalue weighted by Crippen LogP contribution is 2.31. The molecule has 0 saturated carbocycles. The van der Waals surface area contributed by atoms with Crippen molar-refractivity contribution in [1.29, 1.82) is 0 Å². The predicted octanol–water partition coefficient (Wildman–Crippen LogP) is 5.88. The standard InChI is InChI=1S/C25H31NO3/c1-4-6-15-26(16-7-5-2)17-21-22(27)14-13-20-24(28)23(18(3)29-25(20)21)19-11-9-8-10-12-19/h8-14,27H,4-7,15-17H2,1-3H3. The van der Waals surface area contributed by atoms with Crippen molar-refractivity contribution in [3.63, 3.8) is 0 Å². The van der Waals surface area contributed by atoms with Crippen LogP contribution in [0.5, 0.6) is 5.75 Å². The van der Waals surface area contributed by atoms with E-state index in [4.69, 9.17) is 4.42 Å². The molecule has 154 valence electrons. The normalized spacial score (nSPS) is 11.4. The number of phenols is 1. The lowest BCUT2D eigenvalue weighted by atomic mass is 10.0. The van der Waals surface area contributed by atoms with Gasteiger partial charge in [-0.3, -0.25) is 9.69 Å². The van der Waals surface area contributed by atoms with E-state index in [-0.39, 0.29) is 11.2 Å². The number of benzene rings is 2. The molecule has 1 N–H and O–H groups in total. The predicted molar refractivity (Wildman–Crippen MR) is 119 cm³/mol. The highest BCUT2D eigenvalue weighted by Gasteiger charge is 2.19. The number of hydrogen-bond acceptors (Lipinski definition) is 4. The number of aromatic hydroxyl groups is 1. The third-order valence-electron chi connectivity index (χ3n) is 5.41. The molecule has 0 atom stereocenters. The van der Waals surface area contributed by atoms with Crippen molar-refractivity contribution in [3.05, 3.63) is 64.0 Å². The van der Waals surface area contributed by atoms with E-state index in [0.29, 0.717) is 34.4 Å². The average molecular weight is 394 g/mol. The highest BCUT2D eigenvalue weighted by molar-refractivity contribution is 5.86. The Balaban J connectivity index is 2.08. The van der Waals surface area contributed by atoms with Crippen molar-refractivity contribution >= 4 is 11.0 Å². The molecule has 0 aliphatic heterocycles. The quantitative estimate of drug-likeness (QED) is 0.493. The van der Waals surface area contributed by atoms with Crippen LogP contribution in [0.2, 0.25) is 0 Å². The zero-order chi connectivity index (χ0) is 20.8. The first-order chi connectivity index (χ1) is 14.1. The van der Waals surface area contributed by atoms with Crippen LogP contribution in [0.3, 0.4) is 0 Å². The van der Waals surface area contributed by atoms with E-state index in [1.807, 2.05) is 37.3 Å². The van der Waals surface area contributed by atoms with Gasteiger partial charge >= 0.3 is 0 Å². The lowest BCUT2D eigenvalue weighted by Crippen LogP contribution is -2.26. The van der Waals surface area contributed by atoms with Crippen LogP contribution in [-0.2, 0) is 6.54 Å². The molecule has 0 radical (unpaired) electrons. The Hall–Kier alpha value is -2.59. The van der Waals surface area contributed by atoms with E-state index in [1.54, 1.807) is 12.1 Å². The third kappa shape index (κ3) is 4.70. The van der Waals surface area contributed by atoms with Crippen molar-refractivity contribution < 1.29 is 9.52 Å². The fourth-order valence-corrected chi connectivity index (χ4v) is 3.76. The molecule has 3 aromatic rings. The summed E-state index contributed by atoms with van der Waals surface area (Å²) in [6.45, 7) is 8.70. The van der Waals surface area contributed by atoms with Gasteiger partial charge in [0, 0.05) is 6.54 Å². The molecule has 0 spiro atoms. The Morgan fingerprint density at radius 1 is 0.966 bits per heavy atom. The average Bonchev–Trinajstić information content (AvgIpc) is 2.72. The molecular formula is C25H31NO3. The molecule has 0 aliphatic rings. The Kier molecular flexibility index (Phi) is 7.10. The van der Waals surface area contributed by atoms with Crippen LogP contribution < -0.4 is 5.43 Å². The molecule has 1 aromatic heterocycles. The molecule has 0 unspecified atom stereocenters. The molecule has 0 amide bonds. The van der Waals surface area contributed by atoms with Crippen LogP contribution in [0.4, 0.5) is 0 Å². The van der Waals surface area contributed by atoms with E-state index in [9.17, 15) is 9.90 Å². The first-order valence-corrected chi connectivity index (χ1v) is 10.6. The van der Waals surface area contributed by atoms with E-state index in [2.05, 4.69) is 18.7 Å². The van der Waals surface area contributed by atoms with Gasteiger partial charge in [0.1, 0.15) is 17.1 Å². The first-order valence-electron chi connectivity index (χ1n) is 10.6. The van der Waals surface area contributed by atoms with E-state index < -0.39 is 0 Å². The largest absolute Gasteiger partial charge is 0.507 e. The Bertz CT molecular complexity index is 1000. The minimum Gasteiger partial charge on any atom is -0.507 e. The van der Waals surface area contributed by atoms with Gasteiger partial charge in [0.05, 0.1) is 16.5 Å².